The zero-order valence-electron chi connectivity index (χ0n) is 10.6. The molecule has 1 amide bonds. The molecule has 106 valence electrons. The van der Waals surface area contributed by atoms with Crippen LogP contribution in [-0.2, 0) is 20.4 Å². The van der Waals surface area contributed by atoms with Crippen molar-refractivity contribution in [2.45, 2.75) is 5.75 Å². The first-order valence-corrected chi connectivity index (χ1v) is 9.23. The first-order valence-electron chi connectivity index (χ1n) is 5.64. The van der Waals surface area contributed by atoms with Gasteiger partial charge in [-0.15, -0.1) is 11.8 Å². The molecule has 1 aromatic carbocycles. The maximum absolute atomic E-state index is 11.4. The second-order valence-corrected chi connectivity index (χ2v) is 7.72. The van der Waals surface area contributed by atoms with Gasteiger partial charge >= 0.3 is 0 Å². The zero-order chi connectivity index (χ0) is 14.3. The molecule has 0 heterocycles. The van der Waals surface area contributed by atoms with Gasteiger partial charge in [-0.2, -0.15) is 0 Å². The van der Waals surface area contributed by atoms with Crippen molar-refractivity contribution in [3.63, 3.8) is 0 Å². The van der Waals surface area contributed by atoms with Crippen molar-refractivity contribution in [1.29, 1.82) is 0 Å². The lowest BCUT2D eigenvalue weighted by Crippen LogP contribution is -2.30. The van der Waals surface area contributed by atoms with Gasteiger partial charge in [-0.05, 0) is 11.6 Å². The summed E-state index contributed by atoms with van der Waals surface area (Å²) >= 11 is 7.43. The fourth-order valence-electron chi connectivity index (χ4n) is 1.30. The van der Waals surface area contributed by atoms with E-state index in [1.54, 1.807) is 0 Å². The Kier molecular flexibility index (Phi) is 6.68. The fraction of sp³-hybridized carbons (Fsp3) is 0.417. The summed E-state index contributed by atoms with van der Waals surface area (Å²) in [5.41, 5.74) is 0.984. The predicted molar refractivity (Wildman–Crippen MR) is 80.3 cm³/mol. The van der Waals surface area contributed by atoms with E-state index in [9.17, 15) is 13.2 Å². The molecule has 4 nitrogen and oxygen atoms in total. The van der Waals surface area contributed by atoms with E-state index in [0.717, 1.165) is 11.8 Å². The number of nitrogens with one attached hydrogen (secondary N) is 1. The molecular weight excluding hydrogens is 306 g/mol. The highest BCUT2D eigenvalue weighted by atomic mass is 35.5. The lowest BCUT2D eigenvalue weighted by Gasteiger charge is -2.05. The second kappa shape index (κ2) is 7.77. The van der Waals surface area contributed by atoms with E-state index >= 15 is 0 Å². The van der Waals surface area contributed by atoms with E-state index in [0.29, 0.717) is 10.8 Å². The van der Waals surface area contributed by atoms with Crippen LogP contribution < -0.4 is 5.32 Å². The van der Waals surface area contributed by atoms with E-state index in [-0.39, 0.29) is 24.0 Å². The van der Waals surface area contributed by atoms with Crippen LogP contribution in [0.2, 0.25) is 5.02 Å². The number of hydrogen-bond acceptors (Lipinski definition) is 4. The van der Waals surface area contributed by atoms with Crippen LogP contribution in [0, 0.1) is 0 Å². The van der Waals surface area contributed by atoms with Crippen LogP contribution in [0.5, 0.6) is 0 Å². The Hall–Kier alpha value is -0.720. The molecule has 0 aliphatic carbocycles. The molecule has 0 aromatic heterocycles. The third kappa shape index (κ3) is 7.44. The number of carbonyl (C=O) groups is 1. The van der Waals surface area contributed by atoms with E-state index in [4.69, 9.17) is 11.6 Å². The number of hydrogen-bond donors (Lipinski definition) is 1. The van der Waals surface area contributed by atoms with Gasteiger partial charge in [-0.25, -0.2) is 8.42 Å². The Labute approximate surface area is 122 Å². The van der Waals surface area contributed by atoms with E-state index in [1.807, 2.05) is 24.3 Å². The Balaban J connectivity index is 2.23. The molecule has 1 N–H and O–H groups in total. The van der Waals surface area contributed by atoms with Crippen molar-refractivity contribution < 1.29 is 13.2 Å². The van der Waals surface area contributed by atoms with Gasteiger partial charge in [0.05, 0.1) is 11.5 Å². The molecule has 0 spiro atoms. The molecular formula is C12H16ClNO3S2. The largest absolute Gasteiger partial charge is 0.354 e. The van der Waals surface area contributed by atoms with E-state index < -0.39 is 9.84 Å². The van der Waals surface area contributed by atoms with Crippen LogP contribution in [0.25, 0.3) is 0 Å². The van der Waals surface area contributed by atoms with Gasteiger partial charge in [0.1, 0.15) is 9.84 Å². The molecule has 0 unspecified atom stereocenters. The lowest BCUT2D eigenvalue weighted by molar-refractivity contribution is -0.118. The minimum absolute atomic E-state index is 0.0338. The predicted octanol–water partition coefficient (Wildman–Crippen LogP) is 1.73. The van der Waals surface area contributed by atoms with Crippen LogP contribution in [0.1, 0.15) is 5.56 Å². The average molecular weight is 322 g/mol. The monoisotopic (exact) mass is 321 g/mol. The molecule has 19 heavy (non-hydrogen) atoms. The van der Waals surface area contributed by atoms with Crippen molar-refractivity contribution >= 4 is 39.1 Å². The summed E-state index contributed by atoms with van der Waals surface area (Å²) in [6, 6.07) is 7.48. The molecule has 0 fully saturated rings. The summed E-state index contributed by atoms with van der Waals surface area (Å²) in [5, 5.41) is 3.26. The zero-order valence-corrected chi connectivity index (χ0v) is 12.9. The van der Waals surface area contributed by atoms with E-state index in [2.05, 4.69) is 5.32 Å². The molecule has 0 saturated heterocycles. The van der Waals surface area contributed by atoms with Gasteiger partial charge in [-0.1, -0.05) is 29.8 Å². The minimum Gasteiger partial charge on any atom is -0.354 e. The summed E-state index contributed by atoms with van der Waals surface area (Å²) in [7, 11) is -3.03. The molecule has 1 rings (SSSR count). The normalized spacial score (nSPS) is 11.3. The molecule has 7 heteroatoms. The Bertz CT molecular complexity index is 532. The molecule has 0 bridgehead atoms. The molecule has 0 saturated carbocycles. The Morgan fingerprint density at radius 2 is 2.05 bits per heavy atom. The van der Waals surface area contributed by atoms with Gasteiger partial charge in [0.25, 0.3) is 0 Å². The van der Waals surface area contributed by atoms with Crippen LogP contribution >= 0.6 is 23.4 Å². The van der Waals surface area contributed by atoms with Crippen LogP contribution in [0.4, 0.5) is 0 Å². The fourth-order valence-corrected chi connectivity index (χ4v) is 2.91. The van der Waals surface area contributed by atoms with Gasteiger partial charge in [0.2, 0.25) is 5.91 Å². The summed E-state index contributed by atoms with van der Waals surface area (Å²) in [6.45, 7) is 0.157. The Morgan fingerprint density at radius 3 is 2.68 bits per heavy atom. The molecule has 0 aliphatic rings. The van der Waals surface area contributed by atoms with Crippen molar-refractivity contribution in [2.75, 3.05) is 24.3 Å². The second-order valence-electron chi connectivity index (χ2n) is 4.06. The third-order valence-corrected chi connectivity index (χ3v) is 4.54. The highest BCUT2D eigenvalue weighted by Crippen LogP contribution is 2.20. The molecule has 0 atom stereocenters. The number of amides is 1. The van der Waals surface area contributed by atoms with Crippen LogP contribution in [0.15, 0.2) is 24.3 Å². The highest BCUT2D eigenvalue weighted by Gasteiger charge is 2.06. The van der Waals surface area contributed by atoms with Gasteiger partial charge in [0, 0.05) is 23.6 Å². The maximum atomic E-state index is 11.4. The first-order chi connectivity index (χ1) is 8.88. The lowest BCUT2D eigenvalue weighted by atomic mass is 10.2. The summed E-state index contributed by atoms with van der Waals surface area (Å²) < 4.78 is 21.8. The first kappa shape index (κ1) is 16.3. The number of thioether (sulfide) groups is 1. The third-order valence-electron chi connectivity index (χ3n) is 2.24. The summed E-state index contributed by atoms with van der Waals surface area (Å²) in [4.78, 5) is 11.4. The van der Waals surface area contributed by atoms with Gasteiger partial charge in [-0.3, -0.25) is 4.79 Å². The summed E-state index contributed by atoms with van der Waals surface area (Å²) in [5.74, 6) is 0.739. The Morgan fingerprint density at radius 1 is 1.37 bits per heavy atom. The standard InChI is InChI=1S/C12H16ClNO3S2/c1-19(16,17)7-6-14-12(15)9-18-8-10-4-2-3-5-11(10)13/h2-5H,6-9H2,1H3,(H,14,15). The van der Waals surface area contributed by atoms with Gasteiger partial charge in [0.15, 0.2) is 0 Å². The maximum Gasteiger partial charge on any atom is 0.230 e. The van der Waals surface area contributed by atoms with Crippen molar-refractivity contribution in [2.24, 2.45) is 0 Å². The molecule has 0 aliphatic heterocycles. The molecule has 0 radical (unpaired) electrons. The van der Waals surface area contributed by atoms with Crippen molar-refractivity contribution in [1.82, 2.24) is 5.32 Å². The number of halogens is 1. The van der Waals surface area contributed by atoms with Crippen LogP contribution in [-0.4, -0.2) is 38.6 Å². The smallest absolute Gasteiger partial charge is 0.230 e. The average Bonchev–Trinajstić information content (AvgIpc) is 2.30. The van der Waals surface area contributed by atoms with Crippen molar-refractivity contribution in [3.8, 4) is 0 Å². The van der Waals surface area contributed by atoms with Crippen molar-refractivity contribution in [3.05, 3.63) is 34.9 Å². The number of rotatable bonds is 7. The topological polar surface area (TPSA) is 63.2 Å². The summed E-state index contributed by atoms with van der Waals surface area (Å²) in [6.07, 6.45) is 1.14. The SMILES string of the molecule is CS(=O)(=O)CCNC(=O)CSCc1ccccc1Cl. The van der Waals surface area contributed by atoms with E-state index in [1.165, 1.54) is 11.8 Å². The quantitative estimate of drug-likeness (QED) is 0.831. The van der Waals surface area contributed by atoms with Crippen LogP contribution in [0.3, 0.4) is 0 Å². The number of carbonyl (C=O) groups excluding carboxylic acids is 1. The highest BCUT2D eigenvalue weighted by molar-refractivity contribution is 7.99. The number of sulfone groups is 1. The minimum atomic E-state index is -3.03. The van der Waals surface area contributed by atoms with Gasteiger partial charge < -0.3 is 5.32 Å². The number of benzene rings is 1. The molecule has 1 aromatic rings.